The maximum atomic E-state index is 12.9. The predicted molar refractivity (Wildman–Crippen MR) is 107 cm³/mol. The number of H-pyrrole nitrogens is 1. The zero-order valence-corrected chi connectivity index (χ0v) is 16.2. The first kappa shape index (κ1) is 18.4. The van der Waals surface area contributed by atoms with Gasteiger partial charge in [0.25, 0.3) is 11.5 Å². The Hall–Kier alpha value is -3.00. The first-order valence-electron chi connectivity index (χ1n) is 9.08. The third-order valence-electron chi connectivity index (χ3n) is 4.82. The van der Waals surface area contributed by atoms with E-state index in [4.69, 9.17) is 4.74 Å². The molecule has 144 valence electrons. The van der Waals surface area contributed by atoms with E-state index in [1.807, 2.05) is 17.5 Å². The number of carbonyl (C=O) groups excluding carboxylic acids is 1. The first-order chi connectivity index (χ1) is 13.6. The number of hydrogen-bond acceptors (Lipinski definition) is 6. The van der Waals surface area contributed by atoms with E-state index in [1.165, 1.54) is 13.2 Å². The number of carbonyl (C=O) groups is 1. The van der Waals surface area contributed by atoms with Crippen molar-refractivity contribution < 1.29 is 9.53 Å². The van der Waals surface area contributed by atoms with Crippen LogP contribution in [0.2, 0.25) is 0 Å². The fourth-order valence-corrected chi connectivity index (χ4v) is 4.13. The number of nitrogens with one attached hydrogen (secondary N) is 1. The number of amides is 1. The molecule has 7 nitrogen and oxygen atoms in total. The van der Waals surface area contributed by atoms with Crippen molar-refractivity contribution in [2.24, 2.45) is 0 Å². The number of rotatable bonds is 4. The van der Waals surface area contributed by atoms with Crippen LogP contribution < -0.4 is 10.3 Å². The minimum atomic E-state index is -0.171. The van der Waals surface area contributed by atoms with Gasteiger partial charge in [0.2, 0.25) is 5.88 Å². The number of nitrogens with zero attached hydrogens (tertiary/aromatic N) is 3. The second-order valence-electron chi connectivity index (χ2n) is 6.67. The zero-order valence-electron chi connectivity index (χ0n) is 15.4. The SMILES string of the molecule is COc1cc(C(=O)N2CCC[C@@H](c3nc(-c4cccs4)cc(=O)[nH]3)C2)ccn1. The molecule has 28 heavy (non-hydrogen) atoms. The van der Waals surface area contributed by atoms with Crippen molar-refractivity contribution in [2.75, 3.05) is 20.2 Å². The molecule has 0 bridgehead atoms. The Morgan fingerprint density at radius 3 is 3.04 bits per heavy atom. The summed E-state index contributed by atoms with van der Waals surface area (Å²) in [5, 5.41) is 1.96. The topological polar surface area (TPSA) is 88.2 Å². The number of pyridine rings is 1. The fraction of sp³-hybridized carbons (Fsp3) is 0.300. The van der Waals surface area contributed by atoms with Crippen LogP contribution in [0.25, 0.3) is 10.6 Å². The second kappa shape index (κ2) is 7.93. The first-order valence-corrected chi connectivity index (χ1v) is 9.96. The summed E-state index contributed by atoms with van der Waals surface area (Å²) in [6.45, 7) is 1.19. The van der Waals surface area contributed by atoms with E-state index in [2.05, 4.69) is 15.0 Å². The zero-order chi connectivity index (χ0) is 19.5. The average molecular weight is 396 g/mol. The van der Waals surface area contributed by atoms with Crippen molar-refractivity contribution in [2.45, 2.75) is 18.8 Å². The fourth-order valence-electron chi connectivity index (χ4n) is 3.44. The molecule has 1 atom stereocenters. The predicted octanol–water partition coefficient (Wildman–Crippen LogP) is 2.92. The molecular formula is C20H20N4O3S. The highest BCUT2D eigenvalue weighted by atomic mass is 32.1. The molecule has 8 heteroatoms. The van der Waals surface area contributed by atoms with Crippen molar-refractivity contribution in [1.82, 2.24) is 19.9 Å². The van der Waals surface area contributed by atoms with Crippen LogP contribution in [0, 0.1) is 0 Å². The van der Waals surface area contributed by atoms with Gasteiger partial charge < -0.3 is 14.6 Å². The van der Waals surface area contributed by atoms with E-state index in [9.17, 15) is 9.59 Å². The summed E-state index contributed by atoms with van der Waals surface area (Å²) in [7, 11) is 1.52. The summed E-state index contributed by atoms with van der Waals surface area (Å²) in [4.78, 5) is 39.4. The molecule has 0 saturated carbocycles. The summed E-state index contributed by atoms with van der Waals surface area (Å²) < 4.78 is 5.11. The van der Waals surface area contributed by atoms with Gasteiger partial charge >= 0.3 is 0 Å². The van der Waals surface area contributed by atoms with Crippen molar-refractivity contribution in [1.29, 1.82) is 0 Å². The standard InChI is InChI=1S/C20H20N4O3S/c1-27-18-10-13(6-7-21-18)20(26)24-8-2-4-14(12-24)19-22-15(11-17(25)23-19)16-5-3-9-28-16/h3,5-7,9-11,14H,2,4,8,12H2,1H3,(H,22,23,25)/t14-/m1/s1. The maximum Gasteiger partial charge on any atom is 0.254 e. The molecule has 1 aliphatic rings. The molecular weight excluding hydrogens is 376 g/mol. The summed E-state index contributed by atoms with van der Waals surface area (Å²) in [6.07, 6.45) is 3.29. The number of likely N-dealkylation sites (tertiary alicyclic amines) is 1. The highest BCUT2D eigenvalue weighted by molar-refractivity contribution is 7.13. The van der Waals surface area contributed by atoms with E-state index >= 15 is 0 Å². The Labute approximate surface area is 166 Å². The molecule has 0 spiro atoms. The van der Waals surface area contributed by atoms with Gasteiger partial charge in [-0.1, -0.05) is 6.07 Å². The van der Waals surface area contributed by atoms with Gasteiger partial charge in [-0.05, 0) is 30.4 Å². The number of methoxy groups -OCH3 is 1. The van der Waals surface area contributed by atoms with Gasteiger partial charge in [0, 0.05) is 42.9 Å². The molecule has 1 fully saturated rings. The van der Waals surface area contributed by atoms with Gasteiger partial charge in [-0.3, -0.25) is 9.59 Å². The van der Waals surface area contributed by atoms with Gasteiger partial charge in [-0.15, -0.1) is 11.3 Å². The summed E-state index contributed by atoms with van der Waals surface area (Å²) in [5.41, 5.74) is 1.05. The van der Waals surface area contributed by atoms with Crippen LogP contribution in [-0.2, 0) is 0 Å². The van der Waals surface area contributed by atoms with Crippen molar-refractivity contribution >= 4 is 17.2 Å². The number of aromatic amines is 1. The largest absolute Gasteiger partial charge is 0.481 e. The quantitative estimate of drug-likeness (QED) is 0.733. The van der Waals surface area contributed by atoms with Crippen LogP contribution in [0.3, 0.4) is 0 Å². The monoisotopic (exact) mass is 396 g/mol. The van der Waals surface area contributed by atoms with Crippen LogP contribution in [0.5, 0.6) is 5.88 Å². The molecule has 1 amide bonds. The van der Waals surface area contributed by atoms with E-state index in [0.29, 0.717) is 36.1 Å². The number of thiophene rings is 1. The lowest BCUT2D eigenvalue weighted by molar-refractivity contribution is 0.0704. The third kappa shape index (κ3) is 3.82. The minimum Gasteiger partial charge on any atom is -0.481 e. The van der Waals surface area contributed by atoms with E-state index in [1.54, 1.807) is 34.6 Å². The smallest absolute Gasteiger partial charge is 0.254 e. The highest BCUT2D eigenvalue weighted by Gasteiger charge is 2.27. The lowest BCUT2D eigenvalue weighted by atomic mass is 9.96. The highest BCUT2D eigenvalue weighted by Crippen LogP contribution is 2.28. The Balaban J connectivity index is 1.57. The third-order valence-corrected chi connectivity index (χ3v) is 5.71. The molecule has 3 aromatic rings. The molecule has 1 saturated heterocycles. The van der Waals surface area contributed by atoms with Gasteiger partial charge in [-0.25, -0.2) is 9.97 Å². The van der Waals surface area contributed by atoms with Crippen LogP contribution in [0.15, 0.2) is 46.7 Å². The van der Waals surface area contributed by atoms with Gasteiger partial charge in [0.15, 0.2) is 0 Å². The minimum absolute atomic E-state index is 0.00551. The Kier molecular flexibility index (Phi) is 5.21. The number of aromatic nitrogens is 3. The molecule has 0 radical (unpaired) electrons. The summed E-state index contributed by atoms with van der Waals surface area (Å²) in [6, 6.07) is 8.73. The van der Waals surface area contributed by atoms with E-state index in [-0.39, 0.29) is 17.4 Å². The molecule has 3 aromatic heterocycles. The molecule has 0 unspecified atom stereocenters. The number of piperidine rings is 1. The van der Waals surface area contributed by atoms with Crippen molar-refractivity contribution in [3.63, 3.8) is 0 Å². The Morgan fingerprint density at radius 1 is 1.36 bits per heavy atom. The van der Waals surface area contributed by atoms with Crippen LogP contribution in [0.4, 0.5) is 0 Å². The van der Waals surface area contributed by atoms with Crippen LogP contribution in [-0.4, -0.2) is 46.0 Å². The normalized spacial score (nSPS) is 16.8. The number of ether oxygens (including phenoxy) is 1. The van der Waals surface area contributed by atoms with Crippen LogP contribution >= 0.6 is 11.3 Å². The van der Waals surface area contributed by atoms with E-state index in [0.717, 1.165) is 17.7 Å². The molecule has 0 aromatic carbocycles. The molecule has 0 aliphatic carbocycles. The lowest BCUT2D eigenvalue weighted by Gasteiger charge is -2.32. The van der Waals surface area contributed by atoms with Crippen molar-refractivity contribution in [3.05, 3.63) is 63.7 Å². The molecule has 1 aliphatic heterocycles. The molecule has 4 rings (SSSR count). The molecule has 4 heterocycles. The maximum absolute atomic E-state index is 12.9. The van der Waals surface area contributed by atoms with Crippen molar-refractivity contribution in [3.8, 4) is 16.5 Å². The molecule has 1 N–H and O–H groups in total. The van der Waals surface area contributed by atoms with Gasteiger partial charge in [0.1, 0.15) is 5.82 Å². The summed E-state index contributed by atoms with van der Waals surface area (Å²) >= 11 is 1.55. The average Bonchev–Trinajstić information content (AvgIpc) is 3.28. The van der Waals surface area contributed by atoms with Gasteiger partial charge in [0.05, 0.1) is 17.7 Å². The van der Waals surface area contributed by atoms with E-state index < -0.39 is 0 Å². The summed E-state index contributed by atoms with van der Waals surface area (Å²) in [5.74, 6) is 0.978. The van der Waals surface area contributed by atoms with Crippen LogP contribution in [0.1, 0.15) is 34.9 Å². The second-order valence-corrected chi connectivity index (χ2v) is 7.62. The lowest BCUT2D eigenvalue weighted by Crippen LogP contribution is -2.40. The Bertz CT molecular complexity index is 1030. The van der Waals surface area contributed by atoms with Gasteiger partial charge in [-0.2, -0.15) is 0 Å². The Morgan fingerprint density at radius 2 is 2.25 bits per heavy atom. The number of hydrogen-bond donors (Lipinski definition) is 1.